The van der Waals surface area contributed by atoms with Crippen molar-refractivity contribution < 1.29 is 22.9 Å². The number of benzene rings is 1. The lowest BCUT2D eigenvalue weighted by Crippen LogP contribution is -2.42. The molecule has 2 N–H and O–H groups in total. The SMILES string of the molecule is CC1(C)[C@H]2CC[C@]1(CS(=O)(=O)O)C(=O)C2.CC[C@@H](c1cccc(O)c1)[C@@H](C)CN(C)C. The summed E-state index contributed by atoms with van der Waals surface area (Å²) in [6, 6.07) is 7.66. The number of carbonyl (C=O) groups excluding carboxylic acids is 1. The summed E-state index contributed by atoms with van der Waals surface area (Å²) in [5, 5.41) is 9.51. The summed E-state index contributed by atoms with van der Waals surface area (Å²) in [5.74, 6) is 1.39. The molecule has 0 heterocycles. The van der Waals surface area contributed by atoms with E-state index in [0.29, 0.717) is 30.4 Å². The number of hydrogen-bond donors (Lipinski definition) is 2. The molecule has 2 aliphatic rings. The number of rotatable bonds is 7. The first-order valence-electron chi connectivity index (χ1n) is 11.2. The molecule has 2 saturated carbocycles. The highest BCUT2D eigenvalue weighted by atomic mass is 32.2. The summed E-state index contributed by atoms with van der Waals surface area (Å²) >= 11 is 0. The third-order valence-electron chi connectivity index (χ3n) is 7.65. The molecule has 6 nitrogen and oxygen atoms in total. The summed E-state index contributed by atoms with van der Waals surface area (Å²) in [4.78, 5) is 14.1. The molecule has 1 aromatic carbocycles. The van der Waals surface area contributed by atoms with Crippen molar-refractivity contribution in [2.75, 3.05) is 26.4 Å². The van der Waals surface area contributed by atoms with E-state index in [2.05, 4.69) is 38.9 Å². The fraction of sp³-hybridized carbons (Fsp3) is 0.708. The van der Waals surface area contributed by atoms with Gasteiger partial charge in [0.05, 0.1) is 11.2 Å². The number of ketones is 1. The zero-order chi connectivity index (χ0) is 23.6. The van der Waals surface area contributed by atoms with E-state index in [1.807, 2.05) is 26.0 Å². The van der Waals surface area contributed by atoms with Crippen molar-refractivity contribution in [3.8, 4) is 5.75 Å². The van der Waals surface area contributed by atoms with Crippen LogP contribution in [0.2, 0.25) is 0 Å². The third-order valence-corrected chi connectivity index (χ3v) is 8.50. The van der Waals surface area contributed by atoms with Crippen molar-refractivity contribution in [1.29, 1.82) is 0 Å². The second-order valence-corrected chi connectivity index (χ2v) is 11.7. The second-order valence-electron chi connectivity index (χ2n) is 10.2. The summed E-state index contributed by atoms with van der Waals surface area (Å²) in [6.07, 6.45) is 3.08. The van der Waals surface area contributed by atoms with Crippen LogP contribution in [0.25, 0.3) is 0 Å². The lowest BCUT2D eigenvalue weighted by molar-refractivity contribution is -0.128. The van der Waals surface area contributed by atoms with E-state index in [9.17, 15) is 18.3 Å². The van der Waals surface area contributed by atoms with Gasteiger partial charge in [-0.05, 0) is 74.2 Å². The first-order chi connectivity index (χ1) is 14.2. The average molecular weight is 454 g/mol. The van der Waals surface area contributed by atoms with Crippen LogP contribution in [-0.2, 0) is 14.9 Å². The number of phenols is 1. The topological polar surface area (TPSA) is 94.9 Å². The number of Topliss-reactive ketones (excluding diaryl/α,β-unsaturated/α-hetero) is 1. The van der Waals surface area contributed by atoms with Crippen molar-refractivity contribution in [3.63, 3.8) is 0 Å². The Bertz CT molecular complexity index is 880. The van der Waals surface area contributed by atoms with E-state index in [1.54, 1.807) is 6.07 Å². The highest BCUT2D eigenvalue weighted by Crippen LogP contribution is 2.64. The molecule has 176 valence electrons. The van der Waals surface area contributed by atoms with Crippen LogP contribution in [0.5, 0.6) is 5.75 Å². The Kier molecular flexibility index (Phi) is 7.99. The van der Waals surface area contributed by atoms with E-state index in [-0.39, 0.29) is 17.1 Å². The fourth-order valence-corrected chi connectivity index (χ4v) is 7.14. The predicted molar refractivity (Wildman–Crippen MR) is 124 cm³/mol. The van der Waals surface area contributed by atoms with Gasteiger partial charge in [0.15, 0.2) is 0 Å². The van der Waals surface area contributed by atoms with Crippen molar-refractivity contribution in [2.24, 2.45) is 22.7 Å². The summed E-state index contributed by atoms with van der Waals surface area (Å²) in [7, 11) is 0.130. The van der Waals surface area contributed by atoms with E-state index >= 15 is 0 Å². The smallest absolute Gasteiger partial charge is 0.265 e. The van der Waals surface area contributed by atoms with Gasteiger partial charge in [-0.25, -0.2) is 0 Å². The largest absolute Gasteiger partial charge is 0.508 e. The molecule has 0 radical (unpaired) electrons. The van der Waals surface area contributed by atoms with Gasteiger partial charge in [0, 0.05) is 13.0 Å². The monoisotopic (exact) mass is 453 g/mol. The van der Waals surface area contributed by atoms with Crippen molar-refractivity contribution in [3.05, 3.63) is 29.8 Å². The maximum atomic E-state index is 11.9. The number of nitrogens with zero attached hydrogens (tertiary/aromatic N) is 1. The Labute approximate surface area is 187 Å². The van der Waals surface area contributed by atoms with Crippen LogP contribution < -0.4 is 0 Å². The van der Waals surface area contributed by atoms with Gasteiger partial charge in [-0.3, -0.25) is 9.35 Å². The molecule has 0 aliphatic heterocycles. The van der Waals surface area contributed by atoms with Gasteiger partial charge in [-0.15, -0.1) is 0 Å². The van der Waals surface area contributed by atoms with Gasteiger partial charge < -0.3 is 10.0 Å². The Morgan fingerprint density at radius 3 is 2.32 bits per heavy atom. The van der Waals surface area contributed by atoms with E-state index < -0.39 is 21.3 Å². The molecule has 0 amide bonds. The normalized spacial score (nSPS) is 26.5. The molecule has 2 bridgehead atoms. The van der Waals surface area contributed by atoms with Crippen LogP contribution in [0, 0.1) is 22.7 Å². The first-order valence-corrected chi connectivity index (χ1v) is 12.8. The van der Waals surface area contributed by atoms with Crippen molar-refractivity contribution in [2.45, 2.75) is 59.3 Å². The maximum absolute atomic E-state index is 11.9. The zero-order valence-corrected chi connectivity index (χ0v) is 20.6. The standard InChI is InChI=1S/C14H23NO.C10H16O4S/c1-5-14(11(2)10-15(3)4)12-7-6-8-13(16)9-12;1-9(2)7-3-4-10(9,8(11)5-7)6-15(12,13)14/h6-9,11,14,16H,5,10H2,1-4H3;7H,3-6H2,1-2H3,(H,12,13,14)/t11-,14+;7-,10-/m00/s1. The Morgan fingerprint density at radius 2 is 1.90 bits per heavy atom. The van der Waals surface area contributed by atoms with E-state index in [4.69, 9.17) is 4.55 Å². The molecule has 0 aromatic heterocycles. The Hall–Kier alpha value is -1.44. The minimum Gasteiger partial charge on any atom is -0.508 e. The molecule has 0 spiro atoms. The summed E-state index contributed by atoms with van der Waals surface area (Å²) < 4.78 is 31.0. The fourth-order valence-electron chi connectivity index (χ4n) is 5.84. The molecular formula is C24H39NO5S. The number of carbonyl (C=O) groups is 1. The minimum absolute atomic E-state index is 0.0152. The van der Waals surface area contributed by atoms with Gasteiger partial charge in [-0.1, -0.05) is 39.8 Å². The third kappa shape index (κ3) is 5.68. The van der Waals surface area contributed by atoms with Gasteiger partial charge >= 0.3 is 0 Å². The molecule has 0 unspecified atom stereocenters. The minimum atomic E-state index is -4.08. The van der Waals surface area contributed by atoms with Crippen molar-refractivity contribution >= 4 is 15.9 Å². The van der Waals surface area contributed by atoms with Gasteiger partial charge in [0.1, 0.15) is 11.5 Å². The molecule has 2 fully saturated rings. The highest BCUT2D eigenvalue weighted by molar-refractivity contribution is 7.85. The van der Waals surface area contributed by atoms with Crippen LogP contribution in [0.15, 0.2) is 24.3 Å². The molecule has 31 heavy (non-hydrogen) atoms. The lowest BCUT2D eigenvalue weighted by Gasteiger charge is -2.35. The van der Waals surface area contributed by atoms with Crippen molar-refractivity contribution in [1.82, 2.24) is 4.90 Å². The highest BCUT2D eigenvalue weighted by Gasteiger charge is 2.65. The van der Waals surface area contributed by atoms with E-state index in [1.165, 1.54) is 5.56 Å². The predicted octanol–water partition coefficient (Wildman–Crippen LogP) is 4.35. The Morgan fingerprint density at radius 1 is 1.26 bits per heavy atom. The molecule has 4 atom stereocenters. The van der Waals surface area contributed by atoms with Crippen LogP contribution in [-0.4, -0.2) is 55.2 Å². The number of fused-ring (bicyclic) bond motifs is 2. The number of phenolic OH excluding ortho intramolecular Hbond substituents is 1. The summed E-state index contributed by atoms with van der Waals surface area (Å²) in [5.41, 5.74) is 0.127. The maximum Gasteiger partial charge on any atom is 0.265 e. The average Bonchev–Trinajstić information content (AvgIpc) is 2.95. The second kappa shape index (κ2) is 9.59. The molecule has 2 aliphatic carbocycles. The van der Waals surface area contributed by atoms with Crippen LogP contribution in [0.1, 0.15) is 64.9 Å². The van der Waals surface area contributed by atoms with Gasteiger partial charge in [-0.2, -0.15) is 8.42 Å². The first kappa shape index (κ1) is 25.8. The van der Waals surface area contributed by atoms with Gasteiger partial charge in [0.25, 0.3) is 10.1 Å². The summed E-state index contributed by atoms with van der Waals surface area (Å²) in [6.45, 7) is 9.45. The van der Waals surface area contributed by atoms with Crippen LogP contribution in [0.3, 0.4) is 0 Å². The quantitative estimate of drug-likeness (QED) is 0.596. The van der Waals surface area contributed by atoms with Crippen LogP contribution >= 0.6 is 0 Å². The number of aromatic hydroxyl groups is 1. The van der Waals surface area contributed by atoms with Crippen LogP contribution in [0.4, 0.5) is 0 Å². The molecular weight excluding hydrogens is 414 g/mol. The van der Waals surface area contributed by atoms with E-state index in [0.717, 1.165) is 19.4 Å². The van der Waals surface area contributed by atoms with Gasteiger partial charge in [0.2, 0.25) is 0 Å². The molecule has 3 rings (SSSR count). The number of hydrogen-bond acceptors (Lipinski definition) is 5. The molecule has 7 heteroatoms. The Balaban J connectivity index is 0.000000220. The molecule has 1 aromatic rings. The molecule has 0 saturated heterocycles. The lowest BCUT2D eigenvalue weighted by atomic mass is 9.70. The zero-order valence-electron chi connectivity index (χ0n) is 19.8.